The van der Waals surface area contributed by atoms with Gasteiger partial charge in [-0.2, -0.15) is 5.10 Å². The third-order valence-electron chi connectivity index (χ3n) is 6.69. The molecule has 2 N–H and O–H groups in total. The Morgan fingerprint density at radius 3 is 2.79 bits per heavy atom. The van der Waals surface area contributed by atoms with E-state index in [1.165, 1.54) is 7.11 Å². The predicted molar refractivity (Wildman–Crippen MR) is 144 cm³/mol. The van der Waals surface area contributed by atoms with Gasteiger partial charge in [0.25, 0.3) is 5.91 Å². The molecule has 1 aliphatic rings. The highest BCUT2D eigenvalue weighted by molar-refractivity contribution is 6.12. The normalized spacial score (nSPS) is 15.9. The molecule has 0 spiro atoms. The first kappa shape index (κ1) is 25.5. The molecule has 0 aliphatic carbocycles. The van der Waals surface area contributed by atoms with Crippen molar-refractivity contribution in [3.63, 3.8) is 0 Å². The topological polar surface area (TPSA) is 112 Å². The molecule has 4 heterocycles. The zero-order chi connectivity index (χ0) is 26.5. The molecule has 0 saturated carbocycles. The summed E-state index contributed by atoms with van der Waals surface area (Å²) < 4.78 is 14.4. The zero-order valence-corrected chi connectivity index (χ0v) is 21.6. The Balaban J connectivity index is 1.52. The van der Waals surface area contributed by atoms with Crippen LogP contribution in [-0.4, -0.2) is 57.1 Å². The van der Waals surface area contributed by atoms with E-state index in [2.05, 4.69) is 22.7 Å². The van der Waals surface area contributed by atoms with Crippen LogP contribution >= 0.6 is 0 Å². The molecule has 10 nitrogen and oxygen atoms in total. The third kappa shape index (κ3) is 5.55. The van der Waals surface area contributed by atoms with E-state index in [0.717, 1.165) is 30.6 Å². The number of carbonyl (C=O) groups excluding carboxylic acids is 2. The highest BCUT2D eigenvalue weighted by atomic mass is 16.5. The van der Waals surface area contributed by atoms with Gasteiger partial charge in [-0.25, -0.2) is 9.78 Å². The van der Waals surface area contributed by atoms with E-state index in [1.54, 1.807) is 17.0 Å². The Morgan fingerprint density at radius 1 is 1.24 bits per heavy atom. The SMILES string of the molecule is COC(=O)c1c(NC(=O)[C@@H]2CCCO2)c2cc(N[C@H](C)CCn3cccn3)cnc2n1Cc1ccccc1. The quantitative estimate of drug-likeness (QED) is 0.306. The van der Waals surface area contributed by atoms with Gasteiger partial charge in [-0.05, 0) is 43.9 Å². The van der Waals surface area contributed by atoms with Gasteiger partial charge in [0.15, 0.2) is 5.69 Å². The Hall–Kier alpha value is -4.18. The first-order chi connectivity index (χ1) is 18.5. The van der Waals surface area contributed by atoms with Crippen molar-refractivity contribution >= 4 is 34.3 Å². The van der Waals surface area contributed by atoms with Gasteiger partial charge >= 0.3 is 5.97 Å². The van der Waals surface area contributed by atoms with Gasteiger partial charge < -0.3 is 24.7 Å². The predicted octanol–water partition coefficient (Wildman–Crippen LogP) is 4.08. The number of nitrogens with one attached hydrogen (secondary N) is 2. The van der Waals surface area contributed by atoms with Crippen molar-refractivity contribution in [2.75, 3.05) is 24.4 Å². The van der Waals surface area contributed by atoms with Crippen molar-refractivity contribution < 1.29 is 19.1 Å². The molecular weight excluding hydrogens is 484 g/mol. The minimum Gasteiger partial charge on any atom is -0.464 e. The zero-order valence-electron chi connectivity index (χ0n) is 21.6. The number of nitrogens with zero attached hydrogens (tertiary/aromatic N) is 4. The molecule has 1 saturated heterocycles. The van der Waals surface area contributed by atoms with Gasteiger partial charge in [0.2, 0.25) is 0 Å². The summed E-state index contributed by atoms with van der Waals surface area (Å²) in [6, 6.07) is 13.7. The van der Waals surface area contributed by atoms with Crippen LogP contribution < -0.4 is 10.6 Å². The van der Waals surface area contributed by atoms with E-state index in [1.807, 2.05) is 53.3 Å². The number of fused-ring (bicyclic) bond motifs is 1. The molecule has 5 rings (SSSR count). The monoisotopic (exact) mass is 516 g/mol. The number of hydrogen-bond donors (Lipinski definition) is 2. The van der Waals surface area contributed by atoms with Gasteiger partial charge in [0.05, 0.1) is 24.7 Å². The van der Waals surface area contributed by atoms with Crippen LogP contribution in [0.4, 0.5) is 11.4 Å². The maximum Gasteiger partial charge on any atom is 0.356 e. The van der Waals surface area contributed by atoms with Crippen LogP contribution in [0.5, 0.6) is 0 Å². The van der Waals surface area contributed by atoms with Crippen LogP contribution in [0.1, 0.15) is 42.2 Å². The van der Waals surface area contributed by atoms with E-state index < -0.39 is 12.1 Å². The van der Waals surface area contributed by atoms with Crippen molar-refractivity contribution in [2.24, 2.45) is 0 Å². The van der Waals surface area contributed by atoms with Crippen molar-refractivity contribution in [1.82, 2.24) is 19.3 Å². The molecule has 1 amide bonds. The molecule has 10 heteroatoms. The molecular formula is C28H32N6O4. The fraction of sp³-hybridized carbons (Fsp3) is 0.357. The van der Waals surface area contributed by atoms with E-state index in [0.29, 0.717) is 36.3 Å². The Labute approximate surface area is 220 Å². The summed E-state index contributed by atoms with van der Waals surface area (Å²) in [5.41, 5.74) is 2.97. The Kier molecular flexibility index (Phi) is 7.69. The van der Waals surface area contributed by atoms with E-state index in [-0.39, 0.29) is 17.6 Å². The molecule has 1 fully saturated rings. The van der Waals surface area contributed by atoms with Gasteiger partial charge in [0, 0.05) is 43.5 Å². The molecule has 3 aromatic heterocycles. The van der Waals surface area contributed by atoms with Crippen molar-refractivity contribution in [3.05, 3.63) is 72.3 Å². The van der Waals surface area contributed by atoms with Crippen molar-refractivity contribution in [2.45, 2.75) is 51.4 Å². The number of carbonyl (C=O) groups is 2. The second-order valence-corrected chi connectivity index (χ2v) is 9.48. The number of methoxy groups -OCH3 is 1. The van der Waals surface area contributed by atoms with Crippen LogP contribution in [-0.2, 0) is 27.4 Å². The second-order valence-electron chi connectivity index (χ2n) is 9.48. The number of amides is 1. The van der Waals surface area contributed by atoms with Crippen LogP contribution in [0.3, 0.4) is 0 Å². The highest BCUT2D eigenvalue weighted by Gasteiger charge is 2.30. The number of esters is 1. The number of hydrogen-bond acceptors (Lipinski definition) is 7. The Bertz CT molecular complexity index is 1390. The average Bonchev–Trinajstić information content (AvgIpc) is 3.70. The van der Waals surface area contributed by atoms with Gasteiger partial charge in [-0.1, -0.05) is 30.3 Å². The molecule has 0 radical (unpaired) electrons. The molecule has 2 atom stereocenters. The van der Waals surface area contributed by atoms with Crippen molar-refractivity contribution in [3.8, 4) is 0 Å². The van der Waals surface area contributed by atoms with Crippen LogP contribution in [0.2, 0.25) is 0 Å². The summed E-state index contributed by atoms with van der Waals surface area (Å²) in [5.74, 6) is -0.832. The lowest BCUT2D eigenvalue weighted by Gasteiger charge is -2.15. The van der Waals surface area contributed by atoms with Crippen LogP contribution in [0.25, 0.3) is 11.0 Å². The summed E-state index contributed by atoms with van der Waals surface area (Å²) in [6.45, 7) is 3.80. The van der Waals surface area contributed by atoms with Crippen LogP contribution in [0.15, 0.2) is 61.1 Å². The number of rotatable bonds is 10. The molecule has 0 bridgehead atoms. The van der Waals surface area contributed by atoms with Gasteiger partial charge in [-0.15, -0.1) is 0 Å². The lowest BCUT2D eigenvalue weighted by molar-refractivity contribution is -0.124. The van der Waals surface area contributed by atoms with Crippen LogP contribution in [0, 0.1) is 0 Å². The minimum absolute atomic E-state index is 0.134. The third-order valence-corrected chi connectivity index (χ3v) is 6.69. The lowest BCUT2D eigenvalue weighted by atomic mass is 10.2. The van der Waals surface area contributed by atoms with Gasteiger partial charge in [-0.3, -0.25) is 9.48 Å². The van der Waals surface area contributed by atoms with Crippen molar-refractivity contribution in [1.29, 1.82) is 0 Å². The molecule has 1 aromatic carbocycles. The summed E-state index contributed by atoms with van der Waals surface area (Å²) in [6.07, 6.45) is 7.22. The number of anilines is 2. The molecule has 198 valence electrons. The standard InChI is InChI=1S/C28H32N6O4/c1-19(11-14-33-13-7-12-30-33)31-21-16-22-24(32-27(35)23-10-6-15-38-23)25(28(36)37-2)34(26(22)29-17-21)18-20-8-4-3-5-9-20/h3-5,7-9,12-13,16-17,19,23,31H,6,10-11,14-15,18H2,1-2H3,(H,32,35)/t19-,23+/m1/s1. The Morgan fingerprint density at radius 2 is 2.08 bits per heavy atom. The first-order valence-electron chi connectivity index (χ1n) is 12.8. The molecule has 38 heavy (non-hydrogen) atoms. The smallest absolute Gasteiger partial charge is 0.356 e. The van der Waals surface area contributed by atoms with E-state index >= 15 is 0 Å². The van der Waals surface area contributed by atoms with E-state index in [9.17, 15) is 9.59 Å². The fourth-order valence-electron chi connectivity index (χ4n) is 4.76. The lowest BCUT2D eigenvalue weighted by Crippen LogP contribution is -2.28. The summed E-state index contributed by atoms with van der Waals surface area (Å²) >= 11 is 0. The second kappa shape index (κ2) is 11.5. The maximum absolute atomic E-state index is 13.1. The summed E-state index contributed by atoms with van der Waals surface area (Å²) in [5, 5.41) is 11.4. The molecule has 1 aliphatic heterocycles. The summed E-state index contributed by atoms with van der Waals surface area (Å²) in [7, 11) is 1.33. The average molecular weight is 517 g/mol. The highest BCUT2D eigenvalue weighted by Crippen LogP contribution is 2.34. The maximum atomic E-state index is 13.1. The number of ether oxygens (including phenoxy) is 2. The number of benzene rings is 1. The van der Waals surface area contributed by atoms with Gasteiger partial charge in [0.1, 0.15) is 11.8 Å². The molecule has 0 unspecified atom stereocenters. The minimum atomic E-state index is -0.552. The number of aromatic nitrogens is 4. The largest absolute Gasteiger partial charge is 0.464 e. The molecule has 4 aromatic rings. The first-order valence-corrected chi connectivity index (χ1v) is 12.8. The van der Waals surface area contributed by atoms with E-state index in [4.69, 9.17) is 14.5 Å². The number of aryl methyl sites for hydroxylation is 1. The summed E-state index contributed by atoms with van der Waals surface area (Å²) in [4.78, 5) is 30.9. The fourth-order valence-corrected chi connectivity index (χ4v) is 4.76. The number of pyridine rings is 1.